The summed E-state index contributed by atoms with van der Waals surface area (Å²) < 4.78 is 7.99. The standard InChI is InChI=1S/C22H24ClNO2/c1-3-7-22(25)19-15-24(21-9-5-4-8-18(19)21)12-6-13-26-17-10-11-20(23)16(2)14-17/h4-5,8-11,14-15H,3,6-7,12-13H2,1-2H3. The van der Waals surface area contributed by atoms with Crippen LogP contribution in [-0.2, 0) is 6.54 Å². The van der Waals surface area contributed by atoms with Crippen LogP contribution in [0.5, 0.6) is 5.75 Å². The fourth-order valence-corrected chi connectivity index (χ4v) is 3.27. The number of rotatable bonds is 8. The third-order valence-corrected chi connectivity index (χ3v) is 4.93. The van der Waals surface area contributed by atoms with Crippen molar-refractivity contribution in [3.05, 3.63) is 64.8 Å². The van der Waals surface area contributed by atoms with E-state index in [1.807, 2.05) is 56.4 Å². The van der Waals surface area contributed by atoms with Gasteiger partial charge in [0.2, 0.25) is 0 Å². The zero-order chi connectivity index (χ0) is 18.5. The molecule has 0 radical (unpaired) electrons. The molecule has 0 saturated carbocycles. The van der Waals surface area contributed by atoms with E-state index in [2.05, 4.69) is 10.6 Å². The fourth-order valence-electron chi connectivity index (χ4n) is 3.15. The molecule has 0 spiro atoms. The van der Waals surface area contributed by atoms with Gasteiger partial charge in [0, 0.05) is 40.7 Å². The van der Waals surface area contributed by atoms with Crippen LogP contribution in [0.3, 0.4) is 0 Å². The quantitative estimate of drug-likeness (QED) is 0.357. The van der Waals surface area contributed by atoms with Crippen molar-refractivity contribution in [1.29, 1.82) is 0 Å². The molecule has 0 saturated heterocycles. The number of carbonyl (C=O) groups excluding carboxylic acids is 1. The summed E-state index contributed by atoms with van der Waals surface area (Å²) in [4.78, 5) is 12.4. The van der Waals surface area contributed by atoms with Gasteiger partial charge in [-0.1, -0.05) is 36.7 Å². The molecular formula is C22H24ClNO2. The molecule has 2 aromatic carbocycles. The lowest BCUT2D eigenvalue weighted by molar-refractivity contribution is 0.0983. The van der Waals surface area contributed by atoms with E-state index in [-0.39, 0.29) is 5.78 Å². The van der Waals surface area contributed by atoms with Gasteiger partial charge in [0.25, 0.3) is 0 Å². The Morgan fingerprint density at radius 2 is 2.00 bits per heavy atom. The van der Waals surface area contributed by atoms with E-state index in [0.29, 0.717) is 13.0 Å². The molecule has 26 heavy (non-hydrogen) atoms. The number of Topliss-reactive ketones (excluding diaryl/α,β-unsaturated/α-hetero) is 1. The first-order chi connectivity index (χ1) is 12.6. The van der Waals surface area contributed by atoms with Crippen LogP contribution in [0, 0.1) is 6.92 Å². The zero-order valence-corrected chi connectivity index (χ0v) is 16.1. The molecule has 3 rings (SSSR count). The van der Waals surface area contributed by atoms with E-state index < -0.39 is 0 Å². The number of hydrogen-bond donors (Lipinski definition) is 0. The van der Waals surface area contributed by atoms with E-state index >= 15 is 0 Å². The van der Waals surface area contributed by atoms with E-state index in [1.54, 1.807) is 0 Å². The van der Waals surface area contributed by atoms with Gasteiger partial charge in [-0.05, 0) is 49.6 Å². The summed E-state index contributed by atoms with van der Waals surface area (Å²) >= 11 is 6.04. The second kappa shape index (κ2) is 8.41. The molecule has 0 atom stereocenters. The molecule has 3 aromatic rings. The number of aryl methyl sites for hydroxylation is 2. The predicted octanol–water partition coefficient (Wildman–Crippen LogP) is 6.06. The van der Waals surface area contributed by atoms with Crippen molar-refractivity contribution in [1.82, 2.24) is 4.57 Å². The number of para-hydroxylation sites is 1. The molecule has 0 aliphatic heterocycles. The maximum Gasteiger partial charge on any atom is 0.165 e. The third-order valence-electron chi connectivity index (χ3n) is 4.51. The van der Waals surface area contributed by atoms with Crippen LogP contribution in [0.4, 0.5) is 0 Å². The van der Waals surface area contributed by atoms with Crippen molar-refractivity contribution >= 4 is 28.3 Å². The van der Waals surface area contributed by atoms with Crippen LogP contribution < -0.4 is 4.74 Å². The number of halogens is 1. The van der Waals surface area contributed by atoms with Gasteiger partial charge in [0.1, 0.15) is 5.75 Å². The minimum absolute atomic E-state index is 0.218. The van der Waals surface area contributed by atoms with Crippen molar-refractivity contribution in [2.45, 2.75) is 39.7 Å². The first kappa shape index (κ1) is 18.5. The van der Waals surface area contributed by atoms with Crippen molar-refractivity contribution in [3.63, 3.8) is 0 Å². The number of hydrogen-bond acceptors (Lipinski definition) is 2. The highest BCUT2D eigenvalue weighted by Gasteiger charge is 2.13. The van der Waals surface area contributed by atoms with Crippen LogP contribution in [0.15, 0.2) is 48.7 Å². The smallest absolute Gasteiger partial charge is 0.165 e. The Morgan fingerprint density at radius 1 is 1.19 bits per heavy atom. The Labute approximate surface area is 159 Å². The van der Waals surface area contributed by atoms with Gasteiger partial charge in [-0.2, -0.15) is 0 Å². The highest BCUT2D eigenvalue weighted by molar-refractivity contribution is 6.31. The highest BCUT2D eigenvalue weighted by Crippen LogP contribution is 2.24. The maximum absolute atomic E-state index is 12.4. The number of carbonyl (C=O) groups is 1. The molecule has 0 aliphatic carbocycles. The second-order valence-electron chi connectivity index (χ2n) is 6.54. The summed E-state index contributed by atoms with van der Waals surface area (Å²) in [6.07, 6.45) is 4.32. The Morgan fingerprint density at radius 3 is 2.77 bits per heavy atom. The van der Waals surface area contributed by atoms with Gasteiger partial charge in [-0.3, -0.25) is 4.79 Å². The number of fused-ring (bicyclic) bond motifs is 1. The Balaban J connectivity index is 1.67. The predicted molar refractivity (Wildman–Crippen MR) is 107 cm³/mol. The van der Waals surface area contributed by atoms with Gasteiger partial charge in [0.15, 0.2) is 5.78 Å². The first-order valence-electron chi connectivity index (χ1n) is 9.10. The van der Waals surface area contributed by atoms with Crippen LogP contribution in [0.1, 0.15) is 42.1 Å². The average Bonchev–Trinajstić information content (AvgIpc) is 3.01. The summed E-state index contributed by atoms with van der Waals surface area (Å²) in [5, 5.41) is 1.79. The number of ether oxygens (including phenoxy) is 1. The summed E-state index contributed by atoms with van der Waals surface area (Å²) in [7, 11) is 0. The molecule has 0 amide bonds. The summed E-state index contributed by atoms with van der Waals surface area (Å²) in [6.45, 7) is 5.43. The lowest BCUT2D eigenvalue weighted by atomic mass is 10.1. The number of ketones is 1. The lowest BCUT2D eigenvalue weighted by Gasteiger charge is -2.09. The van der Waals surface area contributed by atoms with Gasteiger partial charge < -0.3 is 9.30 Å². The third kappa shape index (κ3) is 4.10. The summed E-state index contributed by atoms with van der Waals surface area (Å²) in [5.74, 6) is 1.05. The second-order valence-corrected chi connectivity index (χ2v) is 6.95. The van der Waals surface area contributed by atoms with Crippen molar-refractivity contribution in [2.75, 3.05) is 6.61 Å². The normalized spacial score (nSPS) is 11.0. The highest BCUT2D eigenvalue weighted by atomic mass is 35.5. The monoisotopic (exact) mass is 369 g/mol. The van der Waals surface area contributed by atoms with Gasteiger partial charge >= 0.3 is 0 Å². The molecule has 1 heterocycles. The van der Waals surface area contributed by atoms with Gasteiger partial charge in [0.05, 0.1) is 6.61 Å². The van der Waals surface area contributed by atoms with Gasteiger partial charge in [-0.15, -0.1) is 0 Å². The fraction of sp³-hybridized carbons (Fsp3) is 0.318. The molecule has 3 nitrogen and oxygen atoms in total. The Hall–Kier alpha value is -2.26. The number of benzene rings is 2. The molecule has 0 fully saturated rings. The Kier molecular flexibility index (Phi) is 6.00. The topological polar surface area (TPSA) is 31.2 Å². The zero-order valence-electron chi connectivity index (χ0n) is 15.3. The maximum atomic E-state index is 12.4. The van der Waals surface area contributed by atoms with E-state index in [1.165, 1.54) is 0 Å². The molecule has 4 heteroatoms. The first-order valence-corrected chi connectivity index (χ1v) is 9.48. The van der Waals surface area contributed by atoms with Crippen LogP contribution in [-0.4, -0.2) is 17.0 Å². The number of aromatic nitrogens is 1. The average molecular weight is 370 g/mol. The van der Waals surface area contributed by atoms with Crippen LogP contribution >= 0.6 is 11.6 Å². The molecule has 136 valence electrons. The van der Waals surface area contributed by atoms with Crippen molar-refractivity contribution < 1.29 is 9.53 Å². The minimum atomic E-state index is 0.218. The van der Waals surface area contributed by atoms with E-state index in [0.717, 1.165) is 52.2 Å². The summed E-state index contributed by atoms with van der Waals surface area (Å²) in [5.41, 5.74) is 2.95. The SMILES string of the molecule is CCCC(=O)c1cn(CCCOc2ccc(Cl)c(C)c2)c2ccccc12. The molecular weight excluding hydrogens is 346 g/mol. The minimum Gasteiger partial charge on any atom is -0.494 e. The molecule has 0 N–H and O–H groups in total. The number of nitrogens with zero attached hydrogens (tertiary/aromatic N) is 1. The Bertz CT molecular complexity index is 914. The molecule has 0 aliphatic rings. The van der Waals surface area contributed by atoms with Crippen molar-refractivity contribution in [3.8, 4) is 5.75 Å². The molecule has 0 bridgehead atoms. The van der Waals surface area contributed by atoms with Crippen LogP contribution in [0.2, 0.25) is 5.02 Å². The lowest BCUT2D eigenvalue weighted by Crippen LogP contribution is -2.04. The van der Waals surface area contributed by atoms with Gasteiger partial charge in [-0.25, -0.2) is 0 Å². The molecule has 0 unspecified atom stereocenters. The van der Waals surface area contributed by atoms with E-state index in [9.17, 15) is 4.79 Å². The van der Waals surface area contributed by atoms with E-state index in [4.69, 9.17) is 16.3 Å². The van der Waals surface area contributed by atoms with Crippen molar-refractivity contribution in [2.24, 2.45) is 0 Å². The van der Waals surface area contributed by atoms with Crippen LogP contribution in [0.25, 0.3) is 10.9 Å². The molecule has 1 aromatic heterocycles. The largest absolute Gasteiger partial charge is 0.494 e. The summed E-state index contributed by atoms with van der Waals surface area (Å²) in [6, 6.07) is 13.8.